The predicted molar refractivity (Wildman–Crippen MR) is 119 cm³/mol. The van der Waals surface area contributed by atoms with Crippen LogP contribution < -0.4 is 0 Å². The number of aromatic hydroxyl groups is 2. The van der Waals surface area contributed by atoms with Crippen LogP contribution in [0.5, 0.6) is 11.5 Å². The molecule has 166 valence electrons. The van der Waals surface area contributed by atoms with Gasteiger partial charge in [0.15, 0.2) is 11.5 Å². The van der Waals surface area contributed by atoms with Crippen LogP contribution in [0, 0.1) is 12.8 Å². The van der Waals surface area contributed by atoms with Gasteiger partial charge in [0.05, 0.1) is 0 Å². The molecule has 5 heteroatoms. The van der Waals surface area contributed by atoms with Crippen LogP contribution in [0.2, 0.25) is 0 Å². The van der Waals surface area contributed by atoms with E-state index in [0.29, 0.717) is 12.5 Å². The van der Waals surface area contributed by atoms with E-state index < -0.39 is 5.60 Å². The number of ether oxygens (including phenoxy) is 1. The highest BCUT2D eigenvalue weighted by Gasteiger charge is 2.49. The lowest BCUT2D eigenvalue weighted by molar-refractivity contribution is -0.154. The number of nitrogens with zero attached hydrogens (tertiary/aromatic N) is 1. The molecule has 3 rings (SSSR count). The minimum absolute atomic E-state index is 0.00516. The maximum absolute atomic E-state index is 12.2. The summed E-state index contributed by atoms with van der Waals surface area (Å²) in [5, 5.41) is 21.6. The van der Waals surface area contributed by atoms with Crippen molar-refractivity contribution in [1.29, 1.82) is 0 Å². The fourth-order valence-corrected chi connectivity index (χ4v) is 5.43. The molecule has 1 aromatic rings. The Morgan fingerprint density at radius 1 is 1.30 bits per heavy atom. The van der Waals surface area contributed by atoms with E-state index in [4.69, 9.17) is 4.74 Å². The second kappa shape index (κ2) is 8.26. The summed E-state index contributed by atoms with van der Waals surface area (Å²) in [6.45, 7) is 10.8. The first-order valence-corrected chi connectivity index (χ1v) is 11.1. The molecular formula is C25H37NO4. The highest BCUT2D eigenvalue weighted by molar-refractivity contribution is 5.70. The summed E-state index contributed by atoms with van der Waals surface area (Å²) < 4.78 is 5.44. The highest BCUT2D eigenvalue weighted by Crippen LogP contribution is 2.54. The molecule has 30 heavy (non-hydrogen) atoms. The van der Waals surface area contributed by atoms with Crippen LogP contribution in [-0.2, 0) is 21.4 Å². The lowest BCUT2D eigenvalue weighted by atomic mass is 9.58. The zero-order chi connectivity index (χ0) is 22.3. The topological polar surface area (TPSA) is 70.0 Å². The smallest absolute Gasteiger partial charge is 0.306 e. The van der Waals surface area contributed by atoms with Crippen molar-refractivity contribution in [1.82, 2.24) is 4.90 Å². The van der Waals surface area contributed by atoms with Crippen molar-refractivity contribution >= 4 is 5.97 Å². The quantitative estimate of drug-likeness (QED) is 0.427. The zero-order valence-corrected chi connectivity index (χ0v) is 19.3. The Kier molecular flexibility index (Phi) is 6.24. The number of rotatable bonds is 4. The molecule has 1 aromatic carbocycles. The summed E-state index contributed by atoms with van der Waals surface area (Å²) in [6.07, 6.45) is 8.13. The average molecular weight is 416 g/mol. The zero-order valence-electron chi connectivity index (χ0n) is 19.3. The molecule has 0 amide bonds. The summed E-state index contributed by atoms with van der Waals surface area (Å²) in [7, 11) is 2.15. The van der Waals surface area contributed by atoms with E-state index in [1.807, 2.05) is 27.7 Å². The Morgan fingerprint density at radius 2 is 2.00 bits per heavy atom. The van der Waals surface area contributed by atoms with E-state index in [2.05, 4.69) is 31.0 Å². The van der Waals surface area contributed by atoms with Crippen LogP contribution >= 0.6 is 0 Å². The van der Waals surface area contributed by atoms with Gasteiger partial charge in [-0.3, -0.25) is 4.79 Å². The number of fused-ring (bicyclic) bond motifs is 1. The Labute approximate surface area is 180 Å². The SMILES string of the molecule is Cc1c(CCC(=O)OC(C)(C)C)cc(O)c(O)c1C12CCC=CC1C(C)N(C)CC2. The normalized spacial score (nSPS) is 27.0. The first-order valence-electron chi connectivity index (χ1n) is 11.1. The van der Waals surface area contributed by atoms with Crippen molar-refractivity contribution in [2.24, 2.45) is 5.92 Å². The van der Waals surface area contributed by atoms with Gasteiger partial charge < -0.3 is 19.8 Å². The minimum Gasteiger partial charge on any atom is -0.504 e. The highest BCUT2D eigenvalue weighted by atomic mass is 16.6. The number of benzene rings is 1. The van der Waals surface area contributed by atoms with Crippen LogP contribution in [0.15, 0.2) is 18.2 Å². The largest absolute Gasteiger partial charge is 0.504 e. The molecule has 1 aliphatic heterocycles. The van der Waals surface area contributed by atoms with E-state index in [0.717, 1.165) is 42.5 Å². The molecule has 1 aliphatic carbocycles. The van der Waals surface area contributed by atoms with E-state index in [1.54, 1.807) is 6.07 Å². The fraction of sp³-hybridized carbons (Fsp3) is 0.640. The molecule has 3 unspecified atom stereocenters. The molecule has 0 spiro atoms. The van der Waals surface area contributed by atoms with Crippen molar-refractivity contribution in [3.8, 4) is 11.5 Å². The van der Waals surface area contributed by atoms with Gasteiger partial charge in [-0.1, -0.05) is 12.2 Å². The summed E-state index contributed by atoms with van der Waals surface area (Å²) in [5.74, 6) is -0.0645. The lowest BCUT2D eigenvalue weighted by Gasteiger charge is -2.52. The maximum Gasteiger partial charge on any atom is 0.306 e. The molecule has 0 saturated carbocycles. The van der Waals surface area contributed by atoms with Gasteiger partial charge in [-0.2, -0.15) is 0 Å². The third-order valence-electron chi connectivity index (χ3n) is 7.03. The van der Waals surface area contributed by atoms with Gasteiger partial charge >= 0.3 is 5.97 Å². The van der Waals surface area contributed by atoms with Gasteiger partial charge in [0.1, 0.15) is 5.60 Å². The van der Waals surface area contributed by atoms with E-state index in [9.17, 15) is 15.0 Å². The second-order valence-electron chi connectivity index (χ2n) is 10.1. The Balaban J connectivity index is 1.99. The first-order chi connectivity index (χ1) is 14.0. The number of phenols is 2. The Hall–Kier alpha value is -2.01. The number of carbonyl (C=O) groups excluding carboxylic acids is 1. The number of hydrogen-bond donors (Lipinski definition) is 2. The molecule has 5 nitrogen and oxygen atoms in total. The summed E-state index contributed by atoms with van der Waals surface area (Å²) >= 11 is 0. The van der Waals surface area contributed by atoms with Gasteiger partial charge in [-0.15, -0.1) is 0 Å². The van der Waals surface area contributed by atoms with Crippen molar-refractivity contribution in [2.75, 3.05) is 13.6 Å². The number of carbonyl (C=O) groups is 1. The van der Waals surface area contributed by atoms with Crippen molar-refractivity contribution in [3.63, 3.8) is 0 Å². The second-order valence-corrected chi connectivity index (χ2v) is 10.1. The molecule has 0 bridgehead atoms. The maximum atomic E-state index is 12.2. The number of phenolic OH excluding ortho intramolecular Hbond substituents is 2. The average Bonchev–Trinajstić information content (AvgIpc) is 2.66. The molecule has 1 saturated heterocycles. The third-order valence-corrected chi connectivity index (χ3v) is 7.03. The van der Waals surface area contributed by atoms with Crippen LogP contribution in [0.4, 0.5) is 0 Å². The summed E-state index contributed by atoms with van der Waals surface area (Å²) in [4.78, 5) is 14.6. The van der Waals surface area contributed by atoms with Gasteiger partial charge in [0.2, 0.25) is 0 Å². The Bertz CT molecular complexity index is 839. The van der Waals surface area contributed by atoms with Crippen molar-refractivity contribution in [3.05, 3.63) is 34.9 Å². The molecule has 2 N–H and O–H groups in total. The summed E-state index contributed by atoms with van der Waals surface area (Å²) in [6, 6.07) is 1.96. The minimum atomic E-state index is -0.515. The van der Waals surface area contributed by atoms with Crippen LogP contribution in [0.3, 0.4) is 0 Å². The molecule has 0 radical (unpaired) electrons. The standard InChI is InChI=1S/C25H37NO4/c1-16-18(10-11-21(28)30-24(3,4)5)15-20(27)23(29)22(16)25-12-8-7-9-19(25)17(2)26(6)14-13-25/h7,9,15,17,19,27,29H,8,10-14H2,1-6H3. The molecule has 1 fully saturated rings. The number of aryl methyl sites for hydroxylation is 1. The number of allylic oxidation sites excluding steroid dienone is 1. The van der Waals surface area contributed by atoms with Gasteiger partial charge in [0, 0.05) is 29.4 Å². The number of hydrogen-bond acceptors (Lipinski definition) is 5. The van der Waals surface area contributed by atoms with E-state index in [-0.39, 0.29) is 35.2 Å². The third kappa shape index (κ3) is 4.22. The van der Waals surface area contributed by atoms with Crippen LogP contribution in [-0.4, -0.2) is 46.3 Å². The Morgan fingerprint density at radius 3 is 2.67 bits per heavy atom. The molecule has 0 aromatic heterocycles. The first kappa shape index (κ1) is 22.7. The van der Waals surface area contributed by atoms with Crippen molar-refractivity contribution < 1.29 is 19.7 Å². The van der Waals surface area contributed by atoms with Crippen LogP contribution in [0.1, 0.15) is 70.1 Å². The number of esters is 1. The van der Waals surface area contributed by atoms with Gasteiger partial charge in [-0.25, -0.2) is 0 Å². The fourth-order valence-electron chi connectivity index (χ4n) is 5.43. The molecular weight excluding hydrogens is 378 g/mol. The molecule has 2 aliphatic rings. The summed E-state index contributed by atoms with van der Waals surface area (Å²) in [5.41, 5.74) is 2.05. The number of likely N-dealkylation sites (tertiary alicyclic amines) is 1. The van der Waals surface area contributed by atoms with Gasteiger partial charge in [-0.05, 0) is 91.1 Å². The molecule has 3 atom stereocenters. The predicted octanol–water partition coefficient (Wildman–Crippen LogP) is 4.61. The number of piperidine rings is 1. The van der Waals surface area contributed by atoms with Gasteiger partial charge in [0.25, 0.3) is 0 Å². The van der Waals surface area contributed by atoms with E-state index in [1.165, 1.54) is 0 Å². The van der Waals surface area contributed by atoms with Crippen LogP contribution in [0.25, 0.3) is 0 Å². The molecule has 1 heterocycles. The monoisotopic (exact) mass is 415 g/mol. The van der Waals surface area contributed by atoms with E-state index >= 15 is 0 Å². The van der Waals surface area contributed by atoms with Crippen molar-refractivity contribution in [2.45, 2.75) is 83.8 Å². The lowest BCUT2D eigenvalue weighted by Crippen LogP contribution is -2.54.